The summed E-state index contributed by atoms with van der Waals surface area (Å²) in [6.45, 7) is 2.00. The third-order valence-electron chi connectivity index (χ3n) is 4.47. The van der Waals surface area contributed by atoms with Crippen LogP contribution in [0.3, 0.4) is 0 Å². The van der Waals surface area contributed by atoms with E-state index < -0.39 is 11.1 Å². The fourth-order valence-corrected chi connectivity index (χ4v) is 3.85. The van der Waals surface area contributed by atoms with E-state index in [0.717, 1.165) is 42.5 Å². The Labute approximate surface area is 137 Å². The van der Waals surface area contributed by atoms with Gasteiger partial charge in [-0.3, -0.25) is 4.21 Å². The van der Waals surface area contributed by atoms with Crippen molar-refractivity contribution in [1.29, 1.82) is 0 Å². The monoisotopic (exact) mass is 325 g/mol. The van der Waals surface area contributed by atoms with Crippen molar-refractivity contribution in [2.24, 2.45) is 0 Å². The highest BCUT2D eigenvalue weighted by atomic mass is 32.2. The molecule has 1 atom stereocenters. The van der Waals surface area contributed by atoms with Gasteiger partial charge in [-0.2, -0.15) is 0 Å². The summed E-state index contributed by atoms with van der Waals surface area (Å²) >= 11 is -2.24. The van der Waals surface area contributed by atoms with Crippen LogP contribution in [0.5, 0.6) is 0 Å². The molecule has 0 bridgehead atoms. The molecule has 1 aliphatic heterocycles. The summed E-state index contributed by atoms with van der Waals surface area (Å²) in [5.41, 5.74) is 4.65. The first kappa shape index (κ1) is 14.6. The second kappa shape index (κ2) is 5.92. The van der Waals surface area contributed by atoms with Gasteiger partial charge >= 0.3 is 0 Å². The number of hydrogen-bond acceptors (Lipinski definition) is 3. The number of aromatic nitrogens is 1. The maximum atomic E-state index is 11.5. The number of rotatable bonds is 2. The Balaban J connectivity index is 1.89. The van der Waals surface area contributed by atoms with Crippen molar-refractivity contribution in [1.82, 2.24) is 9.88 Å². The van der Waals surface area contributed by atoms with Crippen molar-refractivity contribution in [2.45, 2.75) is 17.7 Å². The Kier molecular flexibility index (Phi) is 3.77. The molecule has 0 fully saturated rings. The van der Waals surface area contributed by atoms with Crippen LogP contribution in [-0.4, -0.2) is 26.4 Å². The zero-order valence-corrected chi connectivity index (χ0v) is 13.4. The molecule has 0 saturated carbocycles. The Morgan fingerprint density at radius 3 is 2.65 bits per heavy atom. The highest BCUT2D eigenvalue weighted by Gasteiger charge is 2.12. The predicted molar refractivity (Wildman–Crippen MR) is 90.7 cm³/mol. The number of hydrogen-bond donors (Lipinski definition) is 1. The molecule has 2 heterocycles. The van der Waals surface area contributed by atoms with Gasteiger partial charge in [-0.1, -0.05) is 24.3 Å². The molecule has 2 aromatic carbocycles. The van der Waals surface area contributed by atoms with Crippen LogP contribution >= 0.6 is 0 Å². The molecule has 118 valence electrons. The Bertz CT molecular complexity index is 901. The average molecular weight is 325 g/mol. The van der Waals surface area contributed by atoms with Crippen molar-refractivity contribution in [3.05, 3.63) is 59.8 Å². The van der Waals surface area contributed by atoms with Gasteiger partial charge in [-0.05, 0) is 66.3 Å². The van der Waals surface area contributed by atoms with Gasteiger partial charge in [0.05, 0.1) is 10.4 Å². The van der Waals surface area contributed by atoms with Crippen LogP contribution in [0.2, 0.25) is 0 Å². The minimum absolute atomic E-state index is 0.345. The van der Waals surface area contributed by atoms with Gasteiger partial charge in [-0.15, -0.1) is 0 Å². The van der Waals surface area contributed by atoms with Crippen molar-refractivity contribution in [3.63, 3.8) is 0 Å². The SMILES string of the molecule is O=S([O-])c1cn(-c2ccc3c(c2)CCNCC3)c2ccccc12. The van der Waals surface area contributed by atoms with E-state index in [1.165, 1.54) is 11.1 Å². The third-order valence-corrected chi connectivity index (χ3v) is 5.15. The van der Waals surface area contributed by atoms with Crippen LogP contribution in [0, 0.1) is 0 Å². The highest BCUT2D eigenvalue weighted by molar-refractivity contribution is 7.79. The van der Waals surface area contributed by atoms with Crippen molar-refractivity contribution < 1.29 is 8.76 Å². The summed E-state index contributed by atoms with van der Waals surface area (Å²) in [4.78, 5) is 0.345. The van der Waals surface area contributed by atoms with Crippen LogP contribution in [0.25, 0.3) is 16.6 Å². The van der Waals surface area contributed by atoms with E-state index in [2.05, 4.69) is 23.5 Å². The lowest BCUT2D eigenvalue weighted by atomic mass is 10.0. The minimum Gasteiger partial charge on any atom is -0.768 e. The fraction of sp³-hybridized carbons (Fsp3) is 0.222. The molecule has 4 nitrogen and oxygen atoms in total. The normalized spacial score (nSPS) is 16.0. The Morgan fingerprint density at radius 1 is 1.04 bits per heavy atom. The lowest BCUT2D eigenvalue weighted by molar-refractivity contribution is 0.538. The molecule has 0 saturated heterocycles. The smallest absolute Gasteiger partial charge is 0.0540 e. The topological polar surface area (TPSA) is 57.1 Å². The highest BCUT2D eigenvalue weighted by Crippen LogP contribution is 2.28. The second-order valence-corrected chi connectivity index (χ2v) is 6.73. The molecule has 3 aromatic rings. The molecule has 1 aromatic heterocycles. The van der Waals surface area contributed by atoms with Crippen LogP contribution in [0.1, 0.15) is 11.1 Å². The average Bonchev–Trinajstić information content (AvgIpc) is 2.79. The van der Waals surface area contributed by atoms with Gasteiger partial charge in [0.25, 0.3) is 0 Å². The van der Waals surface area contributed by atoms with Gasteiger partial charge in [-0.25, -0.2) is 0 Å². The number of para-hydroxylation sites is 1. The maximum absolute atomic E-state index is 11.5. The molecule has 0 spiro atoms. The van der Waals surface area contributed by atoms with E-state index >= 15 is 0 Å². The van der Waals surface area contributed by atoms with Crippen molar-refractivity contribution >= 4 is 22.0 Å². The first-order chi connectivity index (χ1) is 11.2. The molecular weight excluding hydrogens is 308 g/mol. The zero-order chi connectivity index (χ0) is 15.8. The van der Waals surface area contributed by atoms with Crippen molar-refractivity contribution in [3.8, 4) is 5.69 Å². The number of nitrogens with one attached hydrogen (secondary N) is 1. The summed E-state index contributed by atoms with van der Waals surface area (Å²) in [6.07, 6.45) is 3.75. The van der Waals surface area contributed by atoms with Crippen LogP contribution in [0.4, 0.5) is 0 Å². The molecule has 0 aliphatic carbocycles. The molecule has 23 heavy (non-hydrogen) atoms. The second-order valence-electron chi connectivity index (χ2n) is 5.82. The molecule has 1 aliphatic rings. The summed E-state index contributed by atoms with van der Waals surface area (Å²) < 4.78 is 25.0. The van der Waals surface area contributed by atoms with Crippen LogP contribution < -0.4 is 5.32 Å². The van der Waals surface area contributed by atoms with E-state index in [1.54, 1.807) is 6.20 Å². The lowest BCUT2D eigenvalue weighted by Crippen LogP contribution is -2.16. The van der Waals surface area contributed by atoms with Gasteiger partial charge in [0.15, 0.2) is 0 Å². The van der Waals surface area contributed by atoms with Gasteiger partial charge in [0.2, 0.25) is 0 Å². The Hall–Kier alpha value is -1.95. The van der Waals surface area contributed by atoms with Crippen LogP contribution in [0.15, 0.2) is 53.6 Å². The summed E-state index contributed by atoms with van der Waals surface area (Å²) in [7, 11) is 0. The molecule has 1 unspecified atom stereocenters. The molecule has 1 N–H and O–H groups in total. The van der Waals surface area contributed by atoms with E-state index in [9.17, 15) is 8.76 Å². The summed E-state index contributed by atoms with van der Waals surface area (Å²) in [6, 6.07) is 14.0. The number of nitrogens with zero attached hydrogens (tertiary/aromatic N) is 1. The standard InChI is InChI=1S/C18H18N2O2S/c21-23(22)18-12-20(17-4-2-1-3-16(17)18)15-6-5-13-7-9-19-10-8-14(13)11-15/h1-6,11-12,19H,7-10H2,(H,21,22)/p-1. The number of fused-ring (bicyclic) bond motifs is 2. The third kappa shape index (κ3) is 2.61. The van der Waals surface area contributed by atoms with E-state index in [4.69, 9.17) is 0 Å². The molecular formula is C18H17N2O2S-. The van der Waals surface area contributed by atoms with E-state index in [-0.39, 0.29) is 0 Å². The Morgan fingerprint density at radius 2 is 1.83 bits per heavy atom. The van der Waals surface area contributed by atoms with E-state index in [0.29, 0.717) is 4.90 Å². The molecule has 5 heteroatoms. The molecule has 0 amide bonds. The van der Waals surface area contributed by atoms with E-state index in [1.807, 2.05) is 28.8 Å². The maximum Gasteiger partial charge on any atom is 0.0540 e. The molecule has 4 rings (SSSR count). The summed E-state index contributed by atoms with van der Waals surface area (Å²) in [5, 5.41) is 4.18. The van der Waals surface area contributed by atoms with Gasteiger partial charge in [0, 0.05) is 17.3 Å². The van der Waals surface area contributed by atoms with Gasteiger partial charge < -0.3 is 14.4 Å². The summed E-state index contributed by atoms with van der Waals surface area (Å²) in [5.74, 6) is 0. The lowest BCUT2D eigenvalue weighted by Gasteiger charge is -2.10. The van der Waals surface area contributed by atoms with Gasteiger partial charge in [0.1, 0.15) is 0 Å². The predicted octanol–water partition coefficient (Wildman–Crippen LogP) is 2.56. The van der Waals surface area contributed by atoms with Crippen LogP contribution in [-0.2, 0) is 23.9 Å². The first-order valence-corrected chi connectivity index (χ1v) is 8.84. The fourth-order valence-electron chi connectivity index (χ4n) is 3.30. The first-order valence-electron chi connectivity index (χ1n) is 7.76. The molecule has 0 radical (unpaired) electrons. The minimum atomic E-state index is -2.24. The zero-order valence-electron chi connectivity index (χ0n) is 12.6. The largest absolute Gasteiger partial charge is 0.768 e. The quantitative estimate of drug-likeness (QED) is 0.737. The van der Waals surface area contributed by atoms with Crippen molar-refractivity contribution in [2.75, 3.05) is 13.1 Å². The number of benzene rings is 2.